The van der Waals surface area contributed by atoms with Gasteiger partial charge in [-0.15, -0.1) is 0 Å². The molecule has 0 aromatic heterocycles. The molecule has 1 N–H and O–H groups in total. The second kappa shape index (κ2) is 5.36. The third kappa shape index (κ3) is 2.17. The molecule has 1 amide bonds. The molecule has 3 fully saturated rings. The molecule has 4 rings (SSSR count). The Morgan fingerprint density at radius 1 is 1.23 bits per heavy atom. The molecule has 1 aromatic rings. The predicted octanol–water partition coefficient (Wildman–Crippen LogP) is 1.57. The first-order valence-electron chi connectivity index (χ1n) is 8.42. The van der Waals surface area contributed by atoms with Crippen molar-refractivity contribution in [2.75, 3.05) is 27.2 Å². The Morgan fingerprint density at radius 3 is 2.55 bits per heavy atom. The fourth-order valence-electron chi connectivity index (χ4n) is 4.89. The van der Waals surface area contributed by atoms with Gasteiger partial charge in [0, 0.05) is 37.3 Å². The van der Waals surface area contributed by atoms with Crippen LogP contribution in [0.5, 0.6) is 0 Å². The van der Waals surface area contributed by atoms with Gasteiger partial charge in [-0.1, -0.05) is 12.1 Å². The van der Waals surface area contributed by atoms with E-state index in [1.54, 1.807) is 0 Å². The average molecular weight is 299 g/mol. The smallest absolute Gasteiger partial charge is 0.254 e. The van der Waals surface area contributed by atoms with Crippen LogP contribution in [-0.4, -0.2) is 55.0 Å². The standard InChI is InChI=1S/C18H25N3O/c1-20(2)11-12-4-3-5-13(8-12)18(22)21-16-6-7-17(21)15-10-19-9-14(15)16/h3-5,8,14-17,19H,6-7,9-11H2,1-2H3/t14-,15+,16-,17+. The second-order valence-corrected chi connectivity index (χ2v) is 7.35. The number of carbonyl (C=O) groups excluding carboxylic acids is 1. The molecule has 1 aromatic carbocycles. The molecule has 3 heterocycles. The summed E-state index contributed by atoms with van der Waals surface area (Å²) in [5, 5.41) is 3.51. The summed E-state index contributed by atoms with van der Waals surface area (Å²) in [6.07, 6.45) is 2.38. The van der Waals surface area contributed by atoms with Gasteiger partial charge in [-0.05, 0) is 56.5 Å². The van der Waals surface area contributed by atoms with Crippen molar-refractivity contribution in [1.82, 2.24) is 15.1 Å². The maximum Gasteiger partial charge on any atom is 0.254 e. The van der Waals surface area contributed by atoms with Gasteiger partial charge < -0.3 is 15.1 Å². The molecule has 3 aliphatic rings. The van der Waals surface area contributed by atoms with Gasteiger partial charge in [-0.25, -0.2) is 0 Å². The minimum atomic E-state index is 0.252. The summed E-state index contributed by atoms with van der Waals surface area (Å²) in [5.74, 6) is 1.63. The van der Waals surface area contributed by atoms with Crippen molar-refractivity contribution in [2.45, 2.75) is 31.5 Å². The van der Waals surface area contributed by atoms with Crippen LogP contribution in [0, 0.1) is 11.8 Å². The zero-order chi connectivity index (χ0) is 15.3. The van der Waals surface area contributed by atoms with Gasteiger partial charge in [0.05, 0.1) is 0 Å². The highest BCUT2D eigenvalue weighted by Gasteiger charge is 2.56. The van der Waals surface area contributed by atoms with E-state index in [-0.39, 0.29) is 5.91 Å². The number of hydrogen-bond donors (Lipinski definition) is 1. The van der Waals surface area contributed by atoms with Gasteiger partial charge in [0.25, 0.3) is 5.91 Å². The van der Waals surface area contributed by atoms with Crippen LogP contribution >= 0.6 is 0 Å². The molecule has 4 atom stereocenters. The first-order chi connectivity index (χ1) is 10.6. The van der Waals surface area contributed by atoms with E-state index in [1.807, 2.05) is 12.1 Å². The van der Waals surface area contributed by atoms with Crippen LogP contribution < -0.4 is 5.32 Å². The number of nitrogens with one attached hydrogen (secondary N) is 1. The Hall–Kier alpha value is -1.39. The maximum absolute atomic E-state index is 13.1. The average Bonchev–Trinajstić information content (AvgIpc) is 3.18. The van der Waals surface area contributed by atoms with Crippen LogP contribution in [0.25, 0.3) is 0 Å². The molecule has 118 valence electrons. The second-order valence-electron chi connectivity index (χ2n) is 7.35. The van der Waals surface area contributed by atoms with Crippen molar-refractivity contribution in [2.24, 2.45) is 11.8 Å². The van der Waals surface area contributed by atoms with Crippen molar-refractivity contribution in [3.8, 4) is 0 Å². The zero-order valence-electron chi connectivity index (χ0n) is 13.5. The van der Waals surface area contributed by atoms with Crippen LogP contribution in [0.1, 0.15) is 28.8 Å². The number of rotatable bonds is 3. The molecule has 0 spiro atoms. The monoisotopic (exact) mass is 299 g/mol. The van der Waals surface area contributed by atoms with E-state index in [2.05, 4.69) is 41.3 Å². The fraction of sp³-hybridized carbons (Fsp3) is 0.611. The normalized spacial score (nSPS) is 32.8. The molecule has 3 saturated heterocycles. The van der Waals surface area contributed by atoms with Crippen LogP contribution in [0.15, 0.2) is 24.3 Å². The third-order valence-electron chi connectivity index (χ3n) is 5.68. The van der Waals surface area contributed by atoms with Crippen molar-refractivity contribution in [3.63, 3.8) is 0 Å². The van der Waals surface area contributed by atoms with Crippen LogP contribution in [0.3, 0.4) is 0 Å². The zero-order valence-corrected chi connectivity index (χ0v) is 13.5. The quantitative estimate of drug-likeness (QED) is 0.920. The van der Waals surface area contributed by atoms with Crippen LogP contribution in [0.2, 0.25) is 0 Å². The highest BCUT2D eigenvalue weighted by molar-refractivity contribution is 5.95. The van der Waals surface area contributed by atoms with E-state index < -0.39 is 0 Å². The van der Waals surface area contributed by atoms with Crippen LogP contribution in [0.4, 0.5) is 0 Å². The molecule has 2 bridgehead atoms. The molecule has 22 heavy (non-hydrogen) atoms. The summed E-state index contributed by atoms with van der Waals surface area (Å²) in [5.41, 5.74) is 2.08. The molecule has 0 saturated carbocycles. The van der Waals surface area contributed by atoms with E-state index >= 15 is 0 Å². The Morgan fingerprint density at radius 2 is 1.91 bits per heavy atom. The number of hydrogen-bond acceptors (Lipinski definition) is 3. The van der Waals surface area contributed by atoms with Gasteiger partial charge in [0.2, 0.25) is 0 Å². The van der Waals surface area contributed by atoms with Crippen LogP contribution in [-0.2, 0) is 6.54 Å². The number of fused-ring (bicyclic) bond motifs is 5. The molecule has 0 aliphatic carbocycles. The highest BCUT2D eigenvalue weighted by Crippen LogP contribution is 2.47. The molecule has 4 nitrogen and oxygen atoms in total. The number of carbonyl (C=O) groups is 1. The van der Waals surface area contributed by atoms with Gasteiger partial charge in [-0.2, -0.15) is 0 Å². The highest BCUT2D eigenvalue weighted by atomic mass is 16.2. The molecular formula is C18H25N3O. The summed E-state index contributed by atoms with van der Waals surface area (Å²) in [7, 11) is 4.12. The van der Waals surface area contributed by atoms with Crippen molar-refractivity contribution >= 4 is 5.91 Å². The fourth-order valence-corrected chi connectivity index (χ4v) is 4.89. The first-order valence-corrected chi connectivity index (χ1v) is 8.42. The van der Waals surface area contributed by atoms with Gasteiger partial charge in [-0.3, -0.25) is 4.79 Å². The van der Waals surface area contributed by atoms with Gasteiger partial charge >= 0.3 is 0 Å². The van der Waals surface area contributed by atoms with Crippen molar-refractivity contribution in [3.05, 3.63) is 35.4 Å². The topological polar surface area (TPSA) is 35.6 Å². The Bertz CT molecular complexity index is 567. The molecule has 3 aliphatic heterocycles. The van der Waals surface area contributed by atoms with Gasteiger partial charge in [0.1, 0.15) is 0 Å². The molecule has 4 heteroatoms. The predicted molar refractivity (Wildman–Crippen MR) is 86.7 cm³/mol. The summed E-state index contributed by atoms with van der Waals surface area (Å²) in [6, 6.07) is 9.12. The van der Waals surface area contributed by atoms with E-state index in [0.717, 1.165) is 25.2 Å². The van der Waals surface area contributed by atoms with Crippen molar-refractivity contribution < 1.29 is 4.79 Å². The number of nitrogens with zero attached hydrogens (tertiary/aromatic N) is 2. The first kappa shape index (κ1) is 14.2. The van der Waals surface area contributed by atoms with E-state index in [4.69, 9.17) is 0 Å². The lowest BCUT2D eigenvalue weighted by atomic mass is 9.82. The maximum atomic E-state index is 13.1. The van der Waals surface area contributed by atoms with E-state index in [9.17, 15) is 4.79 Å². The molecule has 0 radical (unpaired) electrons. The summed E-state index contributed by atoms with van der Waals surface area (Å²) < 4.78 is 0. The lowest BCUT2D eigenvalue weighted by Gasteiger charge is -2.25. The largest absolute Gasteiger partial charge is 0.332 e. The number of amides is 1. The third-order valence-corrected chi connectivity index (χ3v) is 5.68. The lowest BCUT2D eigenvalue weighted by molar-refractivity contribution is 0.0709. The molecule has 0 unspecified atom stereocenters. The SMILES string of the molecule is CN(C)Cc1cccc(C(=O)N2[C@@H]3CC[C@H]2[C@H]2CNC[C@H]23)c1. The van der Waals surface area contributed by atoms with Gasteiger partial charge in [0.15, 0.2) is 0 Å². The minimum absolute atomic E-state index is 0.252. The van der Waals surface area contributed by atoms with Crippen molar-refractivity contribution in [1.29, 1.82) is 0 Å². The van der Waals surface area contributed by atoms with E-state index in [0.29, 0.717) is 23.9 Å². The summed E-state index contributed by atoms with van der Waals surface area (Å²) >= 11 is 0. The summed E-state index contributed by atoms with van der Waals surface area (Å²) in [4.78, 5) is 17.4. The number of benzene rings is 1. The summed E-state index contributed by atoms with van der Waals surface area (Å²) in [6.45, 7) is 3.07. The molecular weight excluding hydrogens is 274 g/mol. The Balaban J connectivity index is 1.58. The van der Waals surface area contributed by atoms with E-state index in [1.165, 1.54) is 18.4 Å². The Labute approximate surface area is 132 Å². The lowest BCUT2D eigenvalue weighted by Crippen LogP contribution is -2.39. The Kier molecular flexibility index (Phi) is 3.46. The minimum Gasteiger partial charge on any atom is -0.332 e.